The predicted molar refractivity (Wildman–Crippen MR) is 87.1 cm³/mol. The van der Waals surface area contributed by atoms with E-state index in [2.05, 4.69) is 27.6 Å². The molecule has 20 heavy (non-hydrogen) atoms. The zero-order valence-corrected chi connectivity index (χ0v) is 14.3. The molecule has 0 aromatic heterocycles. The van der Waals surface area contributed by atoms with Crippen molar-refractivity contribution in [3.05, 3.63) is 22.7 Å². The first kappa shape index (κ1) is 17.5. The van der Waals surface area contributed by atoms with Gasteiger partial charge in [0.2, 0.25) is 10.0 Å². The Balaban J connectivity index is 2.40. The van der Waals surface area contributed by atoms with Gasteiger partial charge in [-0.3, -0.25) is 0 Å². The molecule has 0 amide bonds. The van der Waals surface area contributed by atoms with Gasteiger partial charge in [0.05, 0.1) is 4.90 Å². The quantitative estimate of drug-likeness (QED) is 0.519. The van der Waals surface area contributed by atoms with Gasteiger partial charge >= 0.3 is 0 Å². The van der Waals surface area contributed by atoms with Crippen molar-refractivity contribution in [2.45, 2.75) is 50.3 Å². The summed E-state index contributed by atoms with van der Waals surface area (Å²) >= 11 is 3.24. The van der Waals surface area contributed by atoms with Crippen LogP contribution >= 0.6 is 15.9 Å². The maximum Gasteiger partial charge on any atom is 0.240 e. The second-order valence-electron chi connectivity index (χ2n) is 4.85. The van der Waals surface area contributed by atoms with E-state index in [0.29, 0.717) is 16.7 Å². The molecule has 1 aromatic rings. The minimum absolute atomic E-state index is 0.240. The van der Waals surface area contributed by atoms with Gasteiger partial charge in [-0.25, -0.2) is 13.1 Å². The Hall–Kier alpha value is -0.590. The topological polar surface area (TPSA) is 72.2 Å². The summed E-state index contributed by atoms with van der Waals surface area (Å²) in [6.07, 6.45) is 6.81. The van der Waals surface area contributed by atoms with E-state index in [1.54, 1.807) is 6.07 Å². The molecule has 0 heterocycles. The average molecular weight is 363 g/mol. The van der Waals surface area contributed by atoms with Gasteiger partial charge in [0.25, 0.3) is 0 Å². The zero-order valence-electron chi connectivity index (χ0n) is 11.9. The van der Waals surface area contributed by atoms with Crippen LogP contribution in [-0.2, 0) is 10.0 Å². The number of sulfonamides is 1. The third kappa shape index (κ3) is 5.81. The van der Waals surface area contributed by atoms with Crippen molar-refractivity contribution < 1.29 is 8.42 Å². The molecule has 0 spiro atoms. The molecule has 6 heteroatoms. The molecule has 0 fully saturated rings. The molecule has 0 saturated carbocycles. The number of benzene rings is 1. The Bertz CT molecular complexity index is 518. The Kier molecular flexibility index (Phi) is 7.55. The highest BCUT2D eigenvalue weighted by Crippen LogP contribution is 2.22. The first-order valence-corrected chi connectivity index (χ1v) is 9.29. The molecule has 1 aromatic carbocycles. The van der Waals surface area contributed by atoms with Crippen molar-refractivity contribution in [3.8, 4) is 0 Å². The number of hydrogen-bond donors (Lipinski definition) is 2. The molecule has 4 nitrogen and oxygen atoms in total. The summed E-state index contributed by atoms with van der Waals surface area (Å²) in [5, 5.41) is 0. The molecule has 0 saturated heterocycles. The van der Waals surface area contributed by atoms with Crippen molar-refractivity contribution in [2.24, 2.45) is 0 Å². The molecule has 0 radical (unpaired) electrons. The summed E-state index contributed by atoms with van der Waals surface area (Å²) in [5.41, 5.74) is 6.18. The Morgan fingerprint density at radius 1 is 1.15 bits per heavy atom. The lowest BCUT2D eigenvalue weighted by Gasteiger charge is -2.08. The fourth-order valence-electron chi connectivity index (χ4n) is 1.87. The van der Waals surface area contributed by atoms with E-state index < -0.39 is 10.0 Å². The van der Waals surface area contributed by atoms with Gasteiger partial charge < -0.3 is 5.73 Å². The lowest BCUT2D eigenvalue weighted by Crippen LogP contribution is -2.24. The second kappa shape index (κ2) is 8.64. The summed E-state index contributed by atoms with van der Waals surface area (Å²) in [4.78, 5) is 0.240. The smallest absolute Gasteiger partial charge is 0.240 e. The molecule has 0 unspecified atom stereocenters. The predicted octanol–water partition coefficient (Wildman–Crippen LogP) is 3.67. The maximum absolute atomic E-state index is 12.1. The van der Waals surface area contributed by atoms with Gasteiger partial charge in [0.1, 0.15) is 0 Å². The summed E-state index contributed by atoms with van der Waals surface area (Å²) in [5.74, 6) is 0. The normalized spacial score (nSPS) is 11.7. The fourth-order valence-corrected chi connectivity index (χ4v) is 3.50. The first-order valence-electron chi connectivity index (χ1n) is 7.02. The van der Waals surface area contributed by atoms with Gasteiger partial charge in [-0.1, -0.05) is 39.0 Å². The number of rotatable bonds is 9. The van der Waals surface area contributed by atoms with Gasteiger partial charge in [0.15, 0.2) is 0 Å². The summed E-state index contributed by atoms with van der Waals surface area (Å²) in [6.45, 7) is 2.66. The van der Waals surface area contributed by atoms with Crippen molar-refractivity contribution >= 4 is 31.6 Å². The molecule has 0 aliphatic rings. The molecule has 0 aliphatic heterocycles. The largest absolute Gasteiger partial charge is 0.398 e. The fraction of sp³-hybridized carbons (Fsp3) is 0.571. The number of halogens is 1. The number of unbranched alkanes of at least 4 members (excludes halogenated alkanes) is 5. The number of anilines is 1. The first-order chi connectivity index (χ1) is 9.47. The lowest BCUT2D eigenvalue weighted by molar-refractivity contribution is 0.567. The van der Waals surface area contributed by atoms with E-state index in [1.807, 2.05) is 0 Å². The van der Waals surface area contributed by atoms with Crippen LogP contribution in [0.5, 0.6) is 0 Å². The van der Waals surface area contributed by atoms with Crippen LogP contribution in [0.4, 0.5) is 5.69 Å². The third-order valence-corrected chi connectivity index (χ3v) is 5.25. The van der Waals surface area contributed by atoms with E-state index in [9.17, 15) is 8.42 Å². The highest BCUT2D eigenvalue weighted by Gasteiger charge is 2.14. The van der Waals surface area contributed by atoms with Gasteiger partial charge in [-0.15, -0.1) is 0 Å². The average Bonchev–Trinajstić information content (AvgIpc) is 2.40. The summed E-state index contributed by atoms with van der Waals surface area (Å²) < 4.78 is 27.3. The van der Waals surface area contributed by atoms with Crippen molar-refractivity contribution in [2.75, 3.05) is 12.3 Å². The van der Waals surface area contributed by atoms with Crippen LogP contribution in [0, 0.1) is 0 Å². The van der Waals surface area contributed by atoms with Gasteiger partial charge in [0, 0.05) is 16.7 Å². The molecule has 1 rings (SSSR count). The van der Waals surface area contributed by atoms with Crippen LogP contribution in [-0.4, -0.2) is 15.0 Å². The SMILES string of the molecule is CCCCCCCCNS(=O)(=O)c1ccc(N)c(Br)c1. The van der Waals surface area contributed by atoms with Crippen LogP contribution in [0.2, 0.25) is 0 Å². The standard InChI is InChI=1S/C14H23BrN2O2S/c1-2-3-4-5-6-7-10-17-20(18,19)12-8-9-14(16)13(15)11-12/h8-9,11,17H,2-7,10,16H2,1H3. The zero-order chi connectivity index (χ0) is 15.0. The highest BCUT2D eigenvalue weighted by molar-refractivity contribution is 9.10. The number of nitrogens with one attached hydrogen (secondary N) is 1. The van der Waals surface area contributed by atoms with Crippen molar-refractivity contribution in [3.63, 3.8) is 0 Å². The molecule has 3 N–H and O–H groups in total. The number of nitrogens with two attached hydrogens (primary N) is 1. The van der Waals surface area contributed by atoms with Crippen molar-refractivity contribution in [1.29, 1.82) is 0 Å². The van der Waals surface area contributed by atoms with E-state index in [4.69, 9.17) is 5.73 Å². The van der Waals surface area contributed by atoms with Gasteiger partial charge in [-0.2, -0.15) is 0 Å². The van der Waals surface area contributed by atoms with Crippen LogP contribution in [0.25, 0.3) is 0 Å². The van der Waals surface area contributed by atoms with E-state index >= 15 is 0 Å². The Morgan fingerprint density at radius 2 is 1.80 bits per heavy atom. The van der Waals surface area contributed by atoms with E-state index in [1.165, 1.54) is 37.8 Å². The van der Waals surface area contributed by atoms with E-state index in [-0.39, 0.29) is 4.90 Å². The molecular weight excluding hydrogens is 340 g/mol. The third-order valence-electron chi connectivity index (χ3n) is 3.10. The highest BCUT2D eigenvalue weighted by atomic mass is 79.9. The number of hydrogen-bond acceptors (Lipinski definition) is 3. The molecular formula is C14H23BrN2O2S. The minimum atomic E-state index is -3.43. The second-order valence-corrected chi connectivity index (χ2v) is 7.47. The van der Waals surface area contributed by atoms with Crippen LogP contribution in [0.3, 0.4) is 0 Å². The number of nitrogen functional groups attached to an aromatic ring is 1. The molecule has 0 aliphatic carbocycles. The molecule has 0 atom stereocenters. The lowest BCUT2D eigenvalue weighted by atomic mass is 10.1. The Morgan fingerprint density at radius 3 is 2.45 bits per heavy atom. The van der Waals surface area contributed by atoms with Crippen LogP contribution in [0.1, 0.15) is 45.4 Å². The summed E-state index contributed by atoms with van der Waals surface area (Å²) in [6, 6.07) is 4.63. The van der Waals surface area contributed by atoms with Crippen LogP contribution in [0.15, 0.2) is 27.6 Å². The molecule has 114 valence electrons. The van der Waals surface area contributed by atoms with Crippen LogP contribution < -0.4 is 10.5 Å². The maximum atomic E-state index is 12.1. The monoisotopic (exact) mass is 362 g/mol. The minimum Gasteiger partial charge on any atom is -0.398 e. The summed E-state index contributed by atoms with van der Waals surface area (Å²) in [7, 11) is -3.43. The Labute approximate surface area is 130 Å². The van der Waals surface area contributed by atoms with E-state index in [0.717, 1.165) is 12.8 Å². The van der Waals surface area contributed by atoms with Gasteiger partial charge in [-0.05, 0) is 40.5 Å². The molecule has 0 bridgehead atoms. The van der Waals surface area contributed by atoms with Crippen molar-refractivity contribution in [1.82, 2.24) is 4.72 Å².